The quantitative estimate of drug-likeness (QED) is 0.168. The molecule has 3 heterocycles. The van der Waals surface area contributed by atoms with Crippen LogP contribution in [0.25, 0.3) is 0 Å². The van der Waals surface area contributed by atoms with Crippen molar-refractivity contribution in [2.45, 2.75) is 94.4 Å². The van der Waals surface area contributed by atoms with Crippen molar-refractivity contribution < 1.29 is 66.7 Å². The molecule has 3 fully saturated rings. The van der Waals surface area contributed by atoms with Gasteiger partial charge >= 0.3 is 266 Å². The molecule has 14 nitrogen and oxygen atoms in total. The van der Waals surface area contributed by atoms with Crippen molar-refractivity contribution in [3.05, 3.63) is 30.3 Å². The van der Waals surface area contributed by atoms with E-state index in [1.165, 1.54) is 21.0 Å². The Kier molecular flexibility index (Phi) is 11.0. The van der Waals surface area contributed by atoms with E-state index in [1.807, 2.05) is 30.3 Å². The minimum absolute atomic E-state index is 0.149. The zero-order valence-corrected chi connectivity index (χ0v) is 27.3. The first kappa shape index (κ1) is 34.5. The normalized spacial score (nSPS) is 33.6. The fraction of sp³-hybridized carbons (Fsp3) is 0.600. The van der Waals surface area contributed by atoms with Gasteiger partial charge in [-0.1, -0.05) is 0 Å². The van der Waals surface area contributed by atoms with Crippen molar-refractivity contribution in [1.82, 2.24) is 0 Å². The average Bonchev–Trinajstić information content (AvgIpc) is 3.42. The zero-order chi connectivity index (χ0) is 33.1. The summed E-state index contributed by atoms with van der Waals surface area (Å²) in [6.45, 7) is 5.41. The van der Waals surface area contributed by atoms with Gasteiger partial charge in [-0.05, 0) is 0 Å². The second-order valence-corrected chi connectivity index (χ2v) is 13.6. The number of benzene rings is 1. The maximum atomic E-state index is 13.8. The third-order valence-electron chi connectivity index (χ3n) is 7.52. The Bertz CT molecular complexity index is 1300. The van der Waals surface area contributed by atoms with Crippen LogP contribution in [0.5, 0.6) is 0 Å². The van der Waals surface area contributed by atoms with Crippen LogP contribution in [0.3, 0.4) is 0 Å². The van der Waals surface area contributed by atoms with Crippen LogP contribution in [0, 0.1) is 5.92 Å². The summed E-state index contributed by atoms with van der Waals surface area (Å²) in [6.07, 6.45) is -9.49. The van der Waals surface area contributed by atoms with Gasteiger partial charge in [0.15, 0.2) is 0 Å². The predicted octanol–water partition coefficient (Wildman–Crippen LogP) is -0.227. The van der Waals surface area contributed by atoms with Crippen LogP contribution in [0.2, 0.25) is 0 Å². The van der Waals surface area contributed by atoms with Gasteiger partial charge < -0.3 is 0 Å². The van der Waals surface area contributed by atoms with E-state index < -0.39 is 111 Å². The van der Waals surface area contributed by atoms with Gasteiger partial charge in [0, 0.05) is 0 Å². The molecule has 0 saturated carbocycles. The summed E-state index contributed by atoms with van der Waals surface area (Å²) in [5.74, 6) is -4.84. The van der Waals surface area contributed by atoms with Crippen molar-refractivity contribution in [3.8, 4) is 0 Å². The first-order chi connectivity index (χ1) is 21.3. The van der Waals surface area contributed by atoms with Gasteiger partial charge in [0.25, 0.3) is 0 Å². The number of rotatable bonds is 11. The molecule has 1 aromatic rings. The number of carbonyl (C=O) groups excluding carboxylic acids is 6. The molecule has 2 bridgehead atoms. The monoisotopic (exact) mass is 700 g/mol. The van der Waals surface area contributed by atoms with Gasteiger partial charge in [0.1, 0.15) is 0 Å². The van der Waals surface area contributed by atoms with E-state index >= 15 is 0 Å². The van der Waals surface area contributed by atoms with E-state index in [4.69, 9.17) is 37.9 Å². The van der Waals surface area contributed by atoms with E-state index in [0.717, 1.165) is 25.2 Å². The third kappa shape index (κ3) is 7.55. The number of hydrogen-bond donors (Lipinski definition) is 0. The van der Waals surface area contributed by atoms with Gasteiger partial charge in [0.2, 0.25) is 0 Å². The van der Waals surface area contributed by atoms with Crippen LogP contribution in [0.1, 0.15) is 41.0 Å². The minimum atomic E-state index is -1.39. The Morgan fingerprint density at radius 3 is 1.89 bits per heavy atom. The van der Waals surface area contributed by atoms with Gasteiger partial charge in [-0.25, -0.2) is 0 Å². The topological polar surface area (TPSA) is 176 Å². The summed E-state index contributed by atoms with van der Waals surface area (Å²) in [7, 11) is 1.41. The first-order valence-electron chi connectivity index (χ1n) is 14.2. The second kappa shape index (κ2) is 14.4. The van der Waals surface area contributed by atoms with Gasteiger partial charge in [0.05, 0.1) is 0 Å². The molecular formula is C30H36O14Se. The number of esters is 5. The summed E-state index contributed by atoms with van der Waals surface area (Å²) in [6, 6.07) is 9.28. The van der Waals surface area contributed by atoms with Gasteiger partial charge in [-0.2, -0.15) is 0 Å². The number of Topliss-reactive ketones (excluding diaryl/α,β-unsaturated/α-hetero) is 1. The van der Waals surface area contributed by atoms with Crippen LogP contribution in [-0.2, 0) is 66.7 Å². The molecule has 0 N–H and O–H groups in total. The molecule has 0 aliphatic carbocycles. The molecule has 10 atom stereocenters. The molecule has 0 amide bonds. The number of ketones is 1. The molecule has 246 valence electrons. The molecule has 0 aromatic heterocycles. The van der Waals surface area contributed by atoms with Crippen molar-refractivity contribution in [3.63, 3.8) is 0 Å². The molecule has 0 unspecified atom stereocenters. The molecule has 1 aromatic carbocycles. The van der Waals surface area contributed by atoms with Crippen molar-refractivity contribution >= 4 is 55.0 Å². The van der Waals surface area contributed by atoms with Gasteiger partial charge in [-0.15, -0.1) is 0 Å². The van der Waals surface area contributed by atoms with Crippen LogP contribution in [0.4, 0.5) is 0 Å². The van der Waals surface area contributed by atoms with Crippen molar-refractivity contribution in [1.29, 1.82) is 0 Å². The summed E-state index contributed by atoms with van der Waals surface area (Å²) in [5.41, 5.74) is 0. The van der Waals surface area contributed by atoms with E-state index in [2.05, 4.69) is 0 Å². The molecule has 0 radical (unpaired) electrons. The Hall–Kier alpha value is -3.36. The molecule has 3 aliphatic rings. The fourth-order valence-electron chi connectivity index (χ4n) is 6.08. The number of hydrogen-bond acceptors (Lipinski definition) is 14. The van der Waals surface area contributed by atoms with E-state index in [9.17, 15) is 28.8 Å². The molecule has 45 heavy (non-hydrogen) atoms. The van der Waals surface area contributed by atoms with Gasteiger partial charge in [-0.3, -0.25) is 0 Å². The molecule has 3 aliphatic heterocycles. The first-order valence-corrected chi connectivity index (χ1v) is 15.9. The number of fused-ring (bicyclic) bond motifs is 2. The Morgan fingerprint density at radius 1 is 0.778 bits per heavy atom. The molecular weight excluding hydrogens is 663 g/mol. The average molecular weight is 700 g/mol. The zero-order valence-electron chi connectivity index (χ0n) is 25.6. The number of ether oxygens (including phenoxy) is 8. The van der Waals surface area contributed by atoms with Crippen LogP contribution in [-0.4, -0.2) is 118 Å². The Balaban J connectivity index is 1.75. The summed E-state index contributed by atoms with van der Waals surface area (Å²) < 4.78 is 45.4. The molecule has 4 rings (SSSR count). The third-order valence-corrected chi connectivity index (χ3v) is 10.4. The van der Waals surface area contributed by atoms with E-state index in [-0.39, 0.29) is 12.2 Å². The van der Waals surface area contributed by atoms with Crippen LogP contribution >= 0.6 is 0 Å². The van der Waals surface area contributed by atoms with Crippen molar-refractivity contribution in [2.75, 3.05) is 13.7 Å². The number of carbonyl (C=O) groups is 6. The summed E-state index contributed by atoms with van der Waals surface area (Å²) in [4.78, 5) is 74.6. The van der Waals surface area contributed by atoms with E-state index in [1.54, 1.807) is 0 Å². The Morgan fingerprint density at radius 2 is 1.36 bits per heavy atom. The standard InChI is InChI=1S/C30H36O14Se/c1-14(31)38-13-22-25(40-16(3)33)27(41-17(4)34)24(39-15(2)32)21(42-22)12-20-23(36)26-29(37-6)30(28(20)43-26,44-18(5)35)45-19-10-8-7-9-11-19/h7-11,20-22,24-29H,12-13H2,1-6H3/t20-,21-,22-,24+,25+,26-,27-,28+,29+,30-/m1/s1. The van der Waals surface area contributed by atoms with Crippen LogP contribution < -0.4 is 4.46 Å². The predicted molar refractivity (Wildman–Crippen MR) is 151 cm³/mol. The molecule has 3 saturated heterocycles. The SMILES string of the molecule is CO[C@H]1[C@@H]2O[C@@H]([C@H](C[C@H]3O[C@H](COC(C)=O)[C@H](OC(C)=O)[C@H](OC(C)=O)[C@H]3OC(C)=O)C2=O)[C@@]1(OC(C)=O)[Se]c1ccccc1. The Labute approximate surface area is 265 Å². The maximum absolute atomic E-state index is 13.8. The van der Waals surface area contributed by atoms with Crippen molar-refractivity contribution in [2.24, 2.45) is 5.92 Å². The molecule has 15 heteroatoms. The molecule has 0 spiro atoms. The second-order valence-electron chi connectivity index (χ2n) is 10.8. The summed E-state index contributed by atoms with van der Waals surface area (Å²) in [5, 5.41) is 0. The summed E-state index contributed by atoms with van der Waals surface area (Å²) >= 11 is -0.597. The number of methoxy groups -OCH3 is 1. The van der Waals surface area contributed by atoms with E-state index in [0.29, 0.717) is 0 Å². The fourth-order valence-corrected chi connectivity index (χ4v) is 9.22. The van der Waals surface area contributed by atoms with Crippen LogP contribution in [0.15, 0.2) is 30.3 Å².